The number of nitrogens with zero attached hydrogens (tertiary/aromatic N) is 1. The van der Waals surface area contributed by atoms with Gasteiger partial charge in [-0.3, -0.25) is 0 Å². The highest BCUT2D eigenvalue weighted by Crippen LogP contribution is 2.22. The second kappa shape index (κ2) is 7.55. The summed E-state index contributed by atoms with van der Waals surface area (Å²) >= 11 is 0. The molecule has 0 aliphatic carbocycles. The van der Waals surface area contributed by atoms with E-state index >= 15 is 0 Å². The zero-order valence-corrected chi connectivity index (χ0v) is 11.2. The summed E-state index contributed by atoms with van der Waals surface area (Å²) in [6.45, 7) is 4.60. The highest BCUT2D eigenvalue weighted by molar-refractivity contribution is 5.84. The first-order chi connectivity index (χ1) is 9.56. The Morgan fingerprint density at radius 3 is 2.10 bits per heavy atom. The standard InChI is InChI=1S/C13H9N.C4H6O2/c14-10-12-8-4-5-9-13(12)11-6-2-1-3-7-11;1-3(2)4(5)6/h1-9H;1H2,2H3,(H,5,6). The van der Waals surface area contributed by atoms with Crippen LogP contribution in [0.15, 0.2) is 66.7 Å². The molecule has 0 fully saturated rings. The number of nitriles is 1. The molecule has 3 heteroatoms. The lowest BCUT2D eigenvalue weighted by atomic mass is 10.0. The van der Waals surface area contributed by atoms with Gasteiger partial charge in [0.05, 0.1) is 11.6 Å². The Bertz CT molecular complexity index is 628. The van der Waals surface area contributed by atoms with Crippen LogP contribution < -0.4 is 0 Å². The average Bonchev–Trinajstić information content (AvgIpc) is 2.48. The first-order valence-electron chi connectivity index (χ1n) is 5.99. The largest absolute Gasteiger partial charge is 0.478 e. The molecular formula is C17H15NO2. The molecule has 2 aromatic rings. The van der Waals surface area contributed by atoms with Gasteiger partial charge >= 0.3 is 5.97 Å². The summed E-state index contributed by atoms with van der Waals surface area (Å²) in [5, 5.41) is 16.8. The van der Waals surface area contributed by atoms with E-state index < -0.39 is 5.97 Å². The Balaban J connectivity index is 0.000000286. The minimum Gasteiger partial charge on any atom is -0.478 e. The normalized spacial score (nSPS) is 8.80. The van der Waals surface area contributed by atoms with Gasteiger partial charge < -0.3 is 5.11 Å². The molecule has 0 saturated carbocycles. The van der Waals surface area contributed by atoms with Crippen LogP contribution in [0.1, 0.15) is 12.5 Å². The van der Waals surface area contributed by atoms with Gasteiger partial charge in [0.1, 0.15) is 0 Å². The maximum absolute atomic E-state index is 9.60. The van der Waals surface area contributed by atoms with Gasteiger partial charge in [-0.25, -0.2) is 4.79 Å². The van der Waals surface area contributed by atoms with Crippen molar-refractivity contribution in [3.05, 3.63) is 72.3 Å². The summed E-state index contributed by atoms with van der Waals surface area (Å²) in [6, 6.07) is 19.8. The average molecular weight is 265 g/mol. The summed E-state index contributed by atoms with van der Waals surface area (Å²) in [5.41, 5.74) is 2.98. The predicted molar refractivity (Wildman–Crippen MR) is 79.0 cm³/mol. The molecule has 0 spiro atoms. The number of carboxylic acids is 1. The third-order valence-electron chi connectivity index (χ3n) is 2.50. The van der Waals surface area contributed by atoms with E-state index in [1.165, 1.54) is 6.92 Å². The Morgan fingerprint density at radius 1 is 1.10 bits per heavy atom. The van der Waals surface area contributed by atoms with Crippen LogP contribution in [-0.4, -0.2) is 11.1 Å². The molecule has 0 aromatic heterocycles. The van der Waals surface area contributed by atoms with E-state index in [-0.39, 0.29) is 5.57 Å². The van der Waals surface area contributed by atoms with Crippen molar-refractivity contribution >= 4 is 5.97 Å². The minimum absolute atomic E-state index is 0.176. The van der Waals surface area contributed by atoms with E-state index in [1.54, 1.807) is 0 Å². The molecule has 0 radical (unpaired) electrons. The SMILES string of the molecule is C=C(C)C(=O)O.N#Cc1ccccc1-c1ccccc1. The van der Waals surface area contributed by atoms with Crippen molar-refractivity contribution in [1.29, 1.82) is 5.26 Å². The molecule has 20 heavy (non-hydrogen) atoms. The third-order valence-corrected chi connectivity index (χ3v) is 2.50. The third kappa shape index (κ3) is 4.43. The van der Waals surface area contributed by atoms with E-state index in [0.29, 0.717) is 0 Å². The number of benzene rings is 2. The molecule has 2 aromatic carbocycles. The Kier molecular flexibility index (Phi) is 5.74. The maximum Gasteiger partial charge on any atom is 0.330 e. The van der Waals surface area contributed by atoms with Gasteiger partial charge in [0.25, 0.3) is 0 Å². The van der Waals surface area contributed by atoms with Crippen LogP contribution in [0.25, 0.3) is 11.1 Å². The van der Waals surface area contributed by atoms with Gasteiger partial charge in [0.15, 0.2) is 0 Å². The van der Waals surface area contributed by atoms with Crippen LogP contribution in [0.2, 0.25) is 0 Å². The summed E-state index contributed by atoms with van der Waals surface area (Å²) in [6.07, 6.45) is 0. The van der Waals surface area contributed by atoms with Crippen LogP contribution >= 0.6 is 0 Å². The zero-order chi connectivity index (χ0) is 15.0. The fourth-order valence-electron chi connectivity index (χ4n) is 1.45. The minimum atomic E-state index is -0.935. The lowest BCUT2D eigenvalue weighted by molar-refractivity contribution is -0.132. The van der Waals surface area contributed by atoms with Crippen LogP contribution in [0.3, 0.4) is 0 Å². The van der Waals surface area contributed by atoms with Crippen molar-refractivity contribution in [3.8, 4) is 17.2 Å². The van der Waals surface area contributed by atoms with E-state index in [0.717, 1.165) is 16.7 Å². The molecule has 0 bridgehead atoms. The summed E-state index contributed by atoms with van der Waals surface area (Å²) in [7, 11) is 0. The highest BCUT2D eigenvalue weighted by Gasteiger charge is 2.01. The van der Waals surface area contributed by atoms with E-state index in [2.05, 4.69) is 12.6 Å². The number of aliphatic carboxylic acids is 1. The van der Waals surface area contributed by atoms with Gasteiger partial charge in [-0.05, 0) is 24.1 Å². The Hall–Kier alpha value is -2.86. The van der Waals surface area contributed by atoms with Crippen molar-refractivity contribution in [2.75, 3.05) is 0 Å². The molecule has 0 unspecified atom stereocenters. The number of hydrogen-bond acceptors (Lipinski definition) is 2. The number of carbonyl (C=O) groups is 1. The van der Waals surface area contributed by atoms with Gasteiger partial charge in [0.2, 0.25) is 0 Å². The summed E-state index contributed by atoms with van der Waals surface area (Å²) in [5.74, 6) is -0.935. The number of rotatable bonds is 2. The number of hydrogen-bond donors (Lipinski definition) is 1. The Labute approximate surface area is 118 Å². The molecule has 100 valence electrons. The molecule has 0 aliphatic heterocycles. The Morgan fingerprint density at radius 2 is 1.60 bits per heavy atom. The fraction of sp³-hybridized carbons (Fsp3) is 0.0588. The van der Waals surface area contributed by atoms with Gasteiger partial charge in [-0.15, -0.1) is 0 Å². The lowest BCUT2D eigenvalue weighted by Gasteiger charge is -2.02. The van der Waals surface area contributed by atoms with Crippen LogP contribution in [-0.2, 0) is 4.79 Å². The molecule has 0 aliphatic rings. The van der Waals surface area contributed by atoms with Crippen molar-refractivity contribution < 1.29 is 9.90 Å². The molecule has 1 N–H and O–H groups in total. The quantitative estimate of drug-likeness (QED) is 0.838. The molecule has 0 saturated heterocycles. The van der Waals surface area contributed by atoms with Gasteiger partial charge in [0, 0.05) is 5.57 Å². The van der Waals surface area contributed by atoms with E-state index in [4.69, 9.17) is 10.4 Å². The first kappa shape index (κ1) is 15.2. The molecule has 0 atom stereocenters. The maximum atomic E-state index is 9.60. The molecule has 0 heterocycles. The van der Waals surface area contributed by atoms with E-state index in [1.807, 2.05) is 54.6 Å². The predicted octanol–water partition coefficient (Wildman–Crippen LogP) is 3.87. The fourth-order valence-corrected chi connectivity index (χ4v) is 1.45. The first-order valence-corrected chi connectivity index (χ1v) is 5.99. The molecule has 0 amide bonds. The van der Waals surface area contributed by atoms with Gasteiger partial charge in [-0.2, -0.15) is 5.26 Å². The van der Waals surface area contributed by atoms with Crippen LogP contribution in [0.4, 0.5) is 0 Å². The molecule has 2 rings (SSSR count). The topological polar surface area (TPSA) is 61.1 Å². The van der Waals surface area contributed by atoms with Crippen molar-refractivity contribution in [2.24, 2.45) is 0 Å². The van der Waals surface area contributed by atoms with Crippen molar-refractivity contribution in [3.63, 3.8) is 0 Å². The highest BCUT2D eigenvalue weighted by atomic mass is 16.4. The zero-order valence-electron chi connectivity index (χ0n) is 11.2. The van der Waals surface area contributed by atoms with Gasteiger partial charge in [-0.1, -0.05) is 55.1 Å². The summed E-state index contributed by atoms with van der Waals surface area (Å²) in [4.78, 5) is 9.60. The smallest absolute Gasteiger partial charge is 0.330 e. The van der Waals surface area contributed by atoms with Crippen LogP contribution in [0.5, 0.6) is 0 Å². The van der Waals surface area contributed by atoms with Crippen molar-refractivity contribution in [2.45, 2.75) is 6.92 Å². The summed E-state index contributed by atoms with van der Waals surface area (Å²) < 4.78 is 0. The molecular weight excluding hydrogens is 250 g/mol. The molecule has 3 nitrogen and oxygen atoms in total. The number of carboxylic acid groups (broad SMARTS) is 1. The van der Waals surface area contributed by atoms with E-state index in [9.17, 15) is 4.79 Å². The second-order valence-corrected chi connectivity index (χ2v) is 4.11. The van der Waals surface area contributed by atoms with Crippen LogP contribution in [0, 0.1) is 11.3 Å². The van der Waals surface area contributed by atoms with Crippen molar-refractivity contribution in [1.82, 2.24) is 0 Å². The lowest BCUT2D eigenvalue weighted by Crippen LogP contribution is -1.92. The monoisotopic (exact) mass is 265 g/mol. The second-order valence-electron chi connectivity index (χ2n) is 4.11.